The molecule has 4 rings (SSSR count). The van der Waals surface area contributed by atoms with Crippen LogP contribution in [0.4, 0.5) is 5.69 Å². The summed E-state index contributed by atoms with van der Waals surface area (Å²) in [5.41, 5.74) is 4.36. The van der Waals surface area contributed by atoms with Crippen molar-refractivity contribution in [3.63, 3.8) is 0 Å². The van der Waals surface area contributed by atoms with E-state index in [2.05, 4.69) is 22.0 Å². The SMILES string of the molecule is C=CCn1c(=C2C(=O)NN=C2C)s/c(=C2/Sc3ccc(OC)cc3N2CC)c1=O. The summed E-state index contributed by atoms with van der Waals surface area (Å²) in [5, 5.41) is 4.87. The smallest absolute Gasteiger partial charge is 0.276 e. The molecule has 2 aromatic rings. The maximum atomic E-state index is 13.3. The van der Waals surface area contributed by atoms with Gasteiger partial charge in [0.2, 0.25) is 0 Å². The van der Waals surface area contributed by atoms with E-state index in [1.807, 2.05) is 25.1 Å². The first kappa shape index (κ1) is 19.5. The maximum absolute atomic E-state index is 13.3. The van der Waals surface area contributed by atoms with Gasteiger partial charge in [0.1, 0.15) is 20.0 Å². The Balaban J connectivity index is 2.02. The Hall–Kier alpha value is -2.78. The molecular formula is C20H20N4O3S2. The van der Waals surface area contributed by atoms with Gasteiger partial charge in [0.25, 0.3) is 11.5 Å². The monoisotopic (exact) mass is 428 g/mol. The third-order valence-electron chi connectivity index (χ3n) is 4.74. The van der Waals surface area contributed by atoms with Gasteiger partial charge in [-0.1, -0.05) is 17.8 Å². The number of amides is 1. The number of benzene rings is 1. The van der Waals surface area contributed by atoms with E-state index in [1.54, 1.807) is 36.4 Å². The van der Waals surface area contributed by atoms with Gasteiger partial charge in [-0.2, -0.15) is 5.10 Å². The van der Waals surface area contributed by atoms with Gasteiger partial charge in [-0.3, -0.25) is 14.2 Å². The summed E-state index contributed by atoms with van der Waals surface area (Å²) in [7, 11) is 1.64. The van der Waals surface area contributed by atoms with Crippen LogP contribution in [0.3, 0.4) is 0 Å². The molecule has 3 heterocycles. The van der Waals surface area contributed by atoms with Crippen LogP contribution in [0.5, 0.6) is 5.75 Å². The first-order valence-electron chi connectivity index (χ1n) is 9.07. The van der Waals surface area contributed by atoms with Gasteiger partial charge in [-0.05, 0) is 26.0 Å². The van der Waals surface area contributed by atoms with Crippen LogP contribution < -0.4 is 29.8 Å². The number of nitrogens with zero attached hydrogens (tertiary/aromatic N) is 3. The van der Waals surface area contributed by atoms with Gasteiger partial charge in [0.15, 0.2) is 0 Å². The zero-order chi connectivity index (χ0) is 20.7. The van der Waals surface area contributed by atoms with E-state index in [9.17, 15) is 9.59 Å². The van der Waals surface area contributed by atoms with Gasteiger partial charge < -0.3 is 9.64 Å². The highest BCUT2D eigenvalue weighted by Crippen LogP contribution is 2.47. The van der Waals surface area contributed by atoms with Crippen LogP contribution in [0.2, 0.25) is 0 Å². The van der Waals surface area contributed by atoms with E-state index in [0.29, 0.717) is 33.6 Å². The minimum Gasteiger partial charge on any atom is -0.497 e. The number of hydrazone groups is 1. The van der Waals surface area contributed by atoms with Crippen LogP contribution in [-0.4, -0.2) is 29.8 Å². The quantitative estimate of drug-likeness (QED) is 0.747. The first-order chi connectivity index (χ1) is 14.0. The van der Waals surface area contributed by atoms with Gasteiger partial charge in [-0.25, -0.2) is 5.43 Å². The summed E-state index contributed by atoms with van der Waals surface area (Å²) in [6.07, 6.45) is 1.66. The van der Waals surface area contributed by atoms with Gasteiger partial charge in [0.05, 0.1) is 24.1 Å². The Bertz CT molecular complexity index is 1240. The number of hydrogen-bond donors (Lipinski definition) is 1. The lowest BCUT2D eigenvalue weighted by Gasteiger charge is -2.17. The van der Waals surface area contributed by atoms with Crippen molar-refractivity contribution < 1.29 is 9.53 Å². The molecule has 7 nitrogen and oxygen atoms in total. The molecule has 150 valence electrons. The van der Waals surface area contributed by atoms with Crippen molar-refractivity contribution >= 4 is 51.0 Å². The zero-order valence-electron chi connectivity index (χ0n) is 16.3. The second-order valence-electron chi connectivity index (χ2n) is 6.44. The molecule has 1 amide bonds. The molecule has 0 saturated carbocycles. The standard InChI is InChI=1S/C20H20N4O3S2/c1-5-9-24-18(26)16(29-19(24)15-11(3)21-22-17(15)25)20-23(6-2)13-10-12(27-4)7-8-14(13)28-20/h5,7-8,10H,1,6,9H2,2-4H3,(H,22,25)/b19-15?,20-16+. The predicted octanol–water partition coefficient (Wildman–Crippen LogP) is 1.46. The molecule has 2 aliphatic heterocycles. The van der Waals surface area contributed by atoms with E-state index >= 15 is 0 Å². The van der Waals surface area contributed by atoms with E-state index in [-0.39, 0.29) is 11.5 Å². The van der Waals surface area contributed by atoms with E-state index in [1.165, 1.54) is 11.3 Å². The van der Waals surface area contributed by atoms with Crippen molar-refractivity contribution in [1.82, 2.24) is 9.99 Å². The van der Waals surface area contributed by atoms with E-state index in [0.717, 1.165) is 21.4 Å². The summed E-state index contributed by atoms with van der Waals surface area (Å²) >= 11 is 2.88. The summed E-state index contributed by atoms with van der Waals surface area (Å²) in [6, 6.07) is 5.89. The summed E-state index contributed by atoms with van der Waals surface area (Å²) in [5.74, 6) is 0.475. The Morgan fingerprint density at radius 2 is 2.14 bits per heavy atom. The Kier molecular flexibility index (Phi) is 5.10. The first-order valence-corrected chi connectivity index (χ1v) is 10.7. The highest BCUT2D eigenvalue weighted by Gasteiger charge is 2.28. The van der Waals surface area contributed by atoms with Crippen molar-refractivity contribution in [3.8, 4) is 5.75 Å². The number of ether oxygens (including phenoxy) is 1. The van der Waals surface area contributed by atoms with Gasteiger partial charge >= 0.3 is 0 Å². The third kappa shape index (κ3) is 3.10. The number of methoxy groups -OCH3 is 1. The average Bonchev–Trinajstić information content (AvgIpc) is 3.35. The van der Waals surface area contributed by atoms with Crippen molar-refractivity contribution in [1.29, 1.82) is 0 Å². The second kappa shape index (κ2) is 7.57. The molecule has 29 heavy (non-hydrogen) atoms. The molecule has 0 aliphatic carbocycles. The molecular weight excluding hydrogens is 408 g/mol. The number of allylic oxidation sites excluding steroid dienone is 1. The molecule has 2 aliphatic rings. The molecule has 0 fully saturated rings. The lowest BCUT2D eigenvalue weighted by molar-refractivity contribution is -0.115. The number of thiazole rings is 1. The largest absolute Gasteiger partial charge is 0.497 e. The molecule has 0 radical (unpaired) electrons. The van der Waals surface area contributed by atoms with Gasteiger partial charge in [-0.15, -0.1) is 17.9 Å². The summed E-state index contributed by atoms with van der Waals surface area (Å²) < 4.78 is 8.15. The Morgan fingerprint density at radius 3 is 2.76 bits per heavy atom. The predicted molar refractivity (Wildman–Crippen MR) is 118 cm³/mol. The number of carbonyl (C=O) groups excluding carboxylic acids is 1. The lowest BCUT2D eigenvalue weighted by atomic mass is 10.2. The maximum Gasteiger partial charge on any atom is 0.276 e. The van der Waals surface area contributed by atoms with Gasteiger partial charge in [0, 0.05) is 24.1 Å². The number of rotatable bonds is 4. The summed E-state index contributed by atoms with van der Waals surface area (Å²) in [4.78, 5) is 28.8. The van der Waals surface area contributed by atoms with Crippen molar-refractivity contribution in [3.05, 3.63) is 50.4 Å². The summed E-state index contributed by atoms with van der Waals surface area (Å²) in [6.45, 7) is 8.58. The number of fused-ring (bicyclic) bond motifs is 1. The van der Waals surface area contributed by atoms with Crippen LogP contribution in [-0.2, 0) is 11.3 Å². The second-order valence-corrected chi connectivity index (χ2v) is 8.47. The number of nitrogens with one attached hydrogen (secondary N) is 1. The molecule has 0 unspecified atom stereocenters. The van der Waals surface area contributed by atoms with E-state index in [4.69, 9.17) is 4.74 Å². The van der Waals surface area contributed by atoms with Crippen molar-refractivity contribution in [2.24, 2.45) is 5.10 Å². The number of anilines is 1. The molecule has 1 aromatic carbocycles. The highest BCUT2D eigenvalue weighted by molar-refractivity contribution is 8.08. The lowest BCUT2D eigenvalue weighted by Crippen LogP contribution is -2.35. The van der Waals surface area contributed by atoms with Crippen LogP contribution in [0.1, 0.15) is 13.8 Å². The molecule has 0 atom stereocenters. The molecule has 1 N–H and O–H groups in total. The number of carbonyl (C=O) groups is 1. The molecule has 0 spiro atoms. The Morgan fingerprint density at radius 1 is 1.34 bits per heavy atom. The Labute approximate surface area is 175 Å². The minimum absolute atomic E-state index is 0.134. The fraction of sp³-hybridized carbons (Fsp3) is 0.250. The highest BCUT2D eigenvalue weighted by atomic mass is 32.2. The zero-order valence-corrected chi connectivity index (χ0v) is 17.9. The average molecular weight is 429 g/mol. The van der Waals surface area contributed by atoms with Crippen LogP contribution >= 0.6 is 23.1 Å². The normalized spacial score (nSPS) is 19.2. The van der Waals surface area contributed by atoms with E-state index < -0.39 is 0 Å². The fourth-order valence-corrected chi connectivity index (χ4v) is 5.95. The van der Waals surface area contributed by atoms with Crippen LogP contribution in [0.15, 0.2) is 45.6 Å². The molecule has 9 heteroatoms. The molecule has 0 bridgehead atoms. The number of hydrogen-bond acceptors (Lipinski definition) is 7. The third-order valence-corrected chi connectivity index (χ3v) is 7.24. The van der Waals surface area contributed by atoms with Crippen molar-refractivity contribution in [2.45, 2.75) is 25.3 Å². The molecule has 0 saturated heterocycles. The molecule has 1 aromatic heterocycles. The fourth-order valence-electron chi connectivity index (χ4n) is 3.36. The number of aromatic nitrogens is 1. The minimum atomic E-state index is -0.294. The van der Waals surface area contributed by atoms with Crippen LogP contribution in [0.25, 0.3) is 10.6 Å². The van der Waals surface area contributed by atoms with Crippen LogP contribution in [0, 0.1) is 0 Å². The van der Waals surface area contributed by atoms with Crippen molar-refractivity contribution in [2.75, 3.05) is 18.6 Å². The topological polar surface area (TPSA) is 75.9 Å². The number of thioether (sulfide) groups is 1.